The summed E-state index contributed by atoms with van der Waals surface area (Å²) in [6.45, 7) is 1.58. The fraction of sp³-hybridized carbons (Fsp3) is 0.909. The Morgan fingerprint density at radius 1 is 1.14 bits per heavy atom. The van der Waals surface area contributed by atoms with Crippen molar-refractivity contribution in [3.63, 3.8) is 0 Å². The molecular formula is C11H24N2O7P2. The van der Waals surface area contributed by atoms with Crippen LogP contribution in [0.15, 0.2) is 4.99 Å². The van der Waals surface area contributed by atoms with Crippen LogP contribution in [0.4, 0.5) is 0 Å². The number of amidine groups is 1. The Labute approximate surface area is 129 Å². The molecule has 1 aliphatic carbocycles. The number of hydrogen-bond acceptors (Lipinski definition) is 4. The van der Waals surface area contributed by atoms with E-state index in [1.165, 1.54) is 0 Å². The standard InChI is InChI=1S/C11H24N2O7P2/c1-9(12)13-10(5-3-2-4-6-10)7-8-11(14,21(15,16)17)22(18,19)20/h14H,2-8H2,1H3,(H2,12,13)(H2,15,16,17)(H2,18,19,20). The number of hydrogen-bond donors (Lipinski definition) is 6. The van der Waals surface area contributed by atoms with E-state index >= 15 is 0 Å². The van der Waals surface area contributed by atoms with Crippen molar-refractivity contribution in [1.29, 1.82) is 0 Å². The van der Waals surface area contributed by atoms with Gasteiger partial charge in [0, 0.05) is 6.42 Å². The highest BCUT2D eigenvalue weighted by atomic mass is 31.2. The molecule has 0 radical (unpaired) electrons. The summed E-state index contributed by atoms with van der Waals surface area (Å²) < 4.78 is 22.8. The maximum atomic E-state index is 11.4. The maximum absolute atomic E-state index is 11.4. The van der Waals surface area contributed by atoms with Crippen LogP contribution in [0.25, 0.3) is 0 Å². The van der Waals surface area contributed by atoms with Crippen LogP contribution in [0.1, 0.15) is 51.9 Å². The average Bonchev–Trinajstić information content (AvgIpc) is 2.33. The van der Waals surface area contributed by atoms with E-state index in [-0.39, 0.29) is 12.3 Å². The van der Waals surface area contributed by atoms with E-state index in [2.05, 4.69) is 4.99 Å². The summed E-state index contributed by atoms with van der Waals surface area (Å²) in [6.07, 6.45) is 3.04. The molecule has 0 aromatic carbocycles. The van der Waals surface area contributed by atoms with Crippen LogP contribution < -0.4 is 5.73 Å². The lowest BCUT2D eigenvalue weighted by Crippen LogP contribution is -2.37. The lowest BCUT2D eigenvalue weighted by molar-refractivity contribution is 0.109. The first-order valence-electron chi connectivity index (χ1n) is 6.99. The van der Waals surface area contributed by atoms with Gasteiger partial charge >= 0.3 is 15.2 Å². The van der Waals surface area contributed by atoms with Crippen molar-refractivity contribution >= 4 is 21.0 Å². The van der Waals surface area contributed by atoms with Gasteiger partial charge in [-0.1, -0.05) is 19.3 Å². The van der Waals surface area contributed by atoms with E-state index in [1.807, 2.05) is 0 Å². The van der Waals surface area contributed by atoms with E-state index in [1.54, 1.807) is 6.92 Å². The zero-order valence-corrected chi connectivity index (χ0v) is 14.2. The van der Waals surface area contributed by atoms with Crippen LogP contribution in [-0.4, -0.2) is 41.1 Å². The number of aliphatic imine (C=N–C) groups is 1. The topological polar surface area (TPSA) is 174 Å². The molecule has 0 atom stereocenters. The summed E-state index contributed by atoms with van der Waals surface area (Å²) in [5.74, 6) is 0.290. The fourth-order valence-electron chi connectivity index (χ4n) is 2.86. The highest BCUT2D eigenvalue weighted by Gasteiger charge is 2.59. The van der Waals surface area contributed by atoms with Gasteiger partial charge in [-0.15, -0.1) is 0 Å². The van der Waals surface area contributed by atoms with Gasteiger partial charge < -0.3 is 30.4 Å². The second kappa shape index (κ2) is 6.69. The summed E-state index contributed by atoms with van der Waals surface area (Å²) in [7, 11) is -10.9. The number of nitrogens with zero attached hydrogens (tertiary/aromatic N) is 1. The SMILES string of the molecule is CC(N)=NC1(CCC(O)(P(=O)(O)O)P(=O)(O)O)CCCCC1. The predicted octanol–water partition coefficient (Wildman–Crippen LogP) is 0.848. The zero-order chi connectivity index (χ0) is 17.2. The third-order valence-electron chi connectivity index (χ3n) is 4.06. The van der Waals surface area contributed by atoms with Crippen molar-refractivity contribution in [3.8, 4) is 0 Å². The molecule has 7 N–H and O–H groups in total. The van der Waals surface area contributed by atoms with Crippen molar-refractivity contribution in [2.24, 2.45) is 10.7 Å². The molecule has 1 fully saturated rings. The van der Waals surface area contributed by atoms with Crippen LogP contribution in [-0.2, 0) is 9.13 Å². The molecule has 9 nitrogen and oxygen atoms in total. The molecule has 1 saturated carbocycles. The van der Waals surface area contributed by atoms with E-state index in [4.69, 9.17) is 5.73 Å². The van der Waals surface area contributed by atoms with Crippen LogP contribution in [0, 0.1) is 0 Å². The molecule has 1 rings (SSSR count). The normalized spacial score (nSPS) is 20.9. The van der Waals surface area contributed by atoms with Gasteiger partial charge in [0.05, 0.1) is 11.4 Å². The smallest absolute Gasteiger partial charge is 0.369 e. The Bertz CT molecular complexity index is 493. The fourth-order valence-corrected chi connectivity index (χ4v) is 5.03. The molecule has 0 saturated heterocycles. The van der Waals surface area contributed by atoms with Crippen LogP contribution in [0.3, 0.4) is 0 Å². The largest absolute Gasteiger partial charge is 0.388 e. The molecular weight excluding hydrogens is 334 g/mol. The minimum atomic E-state index is -5.43. The molecule has 0 amide bonds. The van der Waals surface area contributed by atoms with Gasteiger partial charge in [0.15, 0.2) is 0 Å². The predicted molar refractivity (Wildman–Crippen MR) is 81.4 cm³/mol. The average molecular weight is 358 g/mol. The molecule has 0 aliphatic heterocycles. The molecule has 130 valence electrons. The van der Waals surface area contributed by atoms with Crippen LogP contribution >= 0.6 is 15.2 Å². The van der Waals surface area contributed by atoms with Crippen molar-refractivity contribution in [2.45, 2.75) is 62.5 Å². The molecule has 0 aromatic rings. The molecule has 0 unspecified atom stereocenters. The maximum Gasteiger partial charge on any atom is 0.369 e. The van der Waals surface area contributed by atoms with Gasteiger partial charge in [0.2, 0.25) is 0 Å². The molecule has 11 heteroatoms. The van der Waals surface area contributed by atoms with Crippen molar-refractivity contribution < 1.29 is 33.8 Å². The minimum Gasteiger partial charge on any atom is -0.388 e. The van der Waals surface area contributed by atoms with E-state index in [0.29, 0.717) is 12.8 Å². The molecule has 0 bridgehead atoms. The molecule has 0 aromatic heterocycles. The van der Waals surface area contributed by atoms with Gasteiger partial charge in [0.25, 0.3) is 5.08 Å². The summed E-state index contributed by atoms with van der Waals surface area (Å²) >= 11 is 0. The van der Waals surface area contributed by atoms with E-state index in [9.17, 15) is 33.8 Å². The third-order valence-corrected chi connectivity index (χ3v) is 7.93. The number of nitrogens with two attached hydrogens (primary N) is 1. The van der Waals surface area contributed by atoms with Gasteiger partial charge in [-0.3, -0.25) is 14.1 Å². The summed E-state index contributed by atoms with van der Waals surface area (Å²) in [5, 5.41) is 6.57. The number of aliphatic hydroxyl groups is 1. The highest BCUT2D eigenvalue weighted by molar-refractivity contribution is 7.72. The highest BCUT2D eigenvalue weighted by Crippen LogP contribution is 2.69. The second-order valence-electron chi connectivity index (χ2n) is 5.90. The monoisotopic (exact) mass is 358 g/mol. The first-order valence-corrected chi connectivity index (χ1v) is 10.2. The first-order chi connectivity index (χ1) is 9.83. The Morgan fingerprint density at radius 3 is 1.95 bits per heavy atom. The van der Waals surface area contributed by atoms with Crippen LogP contribution in [0.2, 0.25) is 0 Å². The first kappa shape index (κ1) is 19.8. The van der Waals surface area contributed by atoms with Gasteiger partial charge in [-0.2, -0.15) is 0 Å². The second-order valence-corrected chi connectivity index (χ2v) is 9.91. The Morgan fingerprint density at radius 2 is 1.59 bits per heavy atom. The van der Waals surface area contributed by atoms with Crippen molar-refractivity contribution in [3.05, 3.63) is 0 Å². The molecule has 1 aliphatic rings. The summed E-state index contributed by atoms with van der Waals surface area (Å²) in [5.41, 5.74) is 4.86. The van der Waals surface area contributed by atoms with Gasteiger partial charge in [-0.25, -0.2) is 0 Å². The van der Waals surface area contributed by atoms with E-state index < -0.39 is 32.2 Å². The van der Waals surface area contributed by atoms with Gasteiger partial charge in [-0.05, 0) is 26.2 Å². The van der Waals surface area contributed by atoms with E-state index in [0.717, 1.165) is 19.3 Å². The Balaban J connectivity index is 3.07. The van der Waals surface area contributed by atoms with Crippen LogP contribution in [0.5, 0.6) is 0 Å². The Hall–Kier alpha value is -0.270. The molecule has 22 heavy (non-hydrogen) atoms. The summed E-state index contributed by atoms with van der Waals surface area (Å²) in [4.78, 5) is 41.0. The Kier molecular flexibility index (Phi) is 6.01. The minimum absolute atomic E-state index is 0.0612. The van der Waals surface area contributed by atoms with Crippen molar-refractivity contribution in [2.75, 3.05) is 0 Å². The quantitative estimate of drug-likeness (QED) is 0.230. The third kappa shape index (κ3) is 4.38. The molecule has 0 heterocycles. The lowest BCUT2D eigenvalue weighted by atomic mass is 9.79. The van der Waals surface area contributed by atoms with Gasteiger partial charge in [0.1, 0.15) is 0 Å². The molecule has 0 spiro atoms. The number of rotatable bonds is 6. The zero-order valence-electron chi connectivity index (χ0n) is 12.4. The van der Waals surface area contributed by atoms with Crippen molar-refractivity contribution in [1.82, 2.24) is 0 Å². The lowest BCUT2D eigenvalue weighted by Gasteiger charge is -2.37. The summed E-state index contributed by atoms with van der Waals surface area (Å²) in [6, 6.07) is 0.